The molecule has 2 aromatic carbocycles. The number of rotatable bonds is 5. The summed E-state index contributed by atoms with van der Waals surface area (Å²) >= 11 is 1.35. The molecule has 1 aromatic heterocycles. The molecule has 0 saturated carbocycles. The van der Waals surface area contributed by atoms with Gasteiger partial charge in [0.2, 0.25) is 5.16 Å². The monoisotopic (exact) mass is 352 g/mol. The lowest BCUT2D eigenvalue weighted by Gasteiger charge is -2.13. The molecule has 0 saturated heterocycles. The van der Waals surface area contributed by atoms with Gasteiger partial charge in [0.25, 0.3) is 0 Å². The summed E-state index contributed by atoms with van der Waals surface area (Å²) in [5, 5.41) is 12.4. The Labute approximate surface area is 151 Å². The highest BCUT2D eigenvalue weighted by atomic mass is 32.2. The SMILES string of the molecule is Cc1cc(C(=O)CSc2nnnn2-c2ccccc2)c(C)c(C)c1C. The number of nitrogens with zero attached hydrogens (tertiary/aromatic N) is 4. The van der Waals surface area contributed by atoms with Gasteiger partial charge < -0.3 is 0 Å². The van der Waals surface area contributed by atoms with Gasteiger partial charge in [-0.2, -0.15) is 4.68 Å². The molecule has 0 atom stereocenters. The van der Waals surface area contributed by atoms with E-state index < -0.39 is 0 Å². The minimum Gasteiger partial charge on any atom is -0.293 e. The molecule has 6 heteroatoms. The Bertz CT molecular complexity index is 919. The zero-order valence-corrected chi connectivity index (χ0v) is 15.6. The van der Waals surface area contributed by atoms with Crippen molar-refractivity contribution in [2.24, 2.45) is 0 Å². The fourth-order valence-corrected chi connectivity index (χ4v) is 3.48. The van der Waals surface area contributed by atoms with Gasteiger partial charge in [0.1, 0.15) is 0 Å². The lowest BCUT2D eigenvalue weighted by Crippen LogP contribution is -2.09. The number of carbonyl (C=O) groups excluding carboxylic acids is 1. The number of hydrogen-bond donors (Lipinski definition) is 0. The molecular formula is C19H20N4OS. The van der Waals surface area contributed by atoms with Crippen molar-refractivity contribution in [3.8, 4) is 5.69 Å². The first-order valence-electron chi connectivity index (χ1n) is 8.06. The van der Waals surface area contributed by atoms with Gasteiger partial charge >= 0.3 is 0 Å². The van der Waals surface area contributed by atoms with Crippen molar-refractivity contribution in [2.75, 3.05) is 5.75 Å². The number of thioether (sulfide) groups is 1. The van der Waals surface area contributed by atoms with E-state index in [0.717, 1.165) is 22.4 Å². The number of hydrogen-bond acceptors (Lipinski definition) is 5. The van der Waals surface area contributed by atoms with Crippen LogP contribution in [0.1, 0.15) is 32.6 Å². The van der Waals surface area contributed by atoms with Crippen LogP contribution >= 0.6 is 11.8 Å². The Morgan fingerprint density at radius 1 is 1.04 bits per heavy atom. The van der Waals surface area contributed by atoms with Gasteiger partial charge in [-0.25, -0.2) is 0 Å². The summed E-state index contributed by atoms with van der Waals surface area (Å²) in [5.74, 6) is 0.395. The lowest BCUT2D eigenvalue weighted by molar-refractivity contribution is 0.102. The summed E-state index contributed by atoms with van der Waals surface area (Å²) in [4.78, 5) is 12.7. The molecule has 0 aliphatic rings. The van der Waals surface area contributed by atoms with E-state index in [1.165, 1.54) is 22.9 Å². The van der Waals surface area contributed by atoms with Crippen LogP contribution in [0.5, 0.6) is 0 Å². The molecule has 0 aliphatic carbocycles. The molecule has 128 valence electrons. The second-order valence-electron chi connectivity index (χ2n) is 6.04. The average molecular weight is 352 g/mol. The van der Waals surface area contributed by atoms with E-state index in [9.17, 15) is 4.79 Å². The van der Waals surface area contributed by atoms with Crippen molar-refractivity contribution >= 4 is 17.5 Å². The van der Waals surface area contributed by atoms with Crippen molar-refractivity contribution in [3.05, 3.63) is 64.2 Å². The summed E-state index contributed by atoms with van der Waals surface area (Å²) in [6.07, 6.45) is 0. The Morgan fingerprint density at radius 2 is 1.76 bits per heavy atom. The number of Topliss-reactive ketones (excluding diaryl/α,β-unsaturated/α-hetero) is 1. The van der Waals surface area contributed by atoms with Crippen LogP contribution in [0.4, 0.5) is 0 Å². The van der Waals surface area contributed by atoms with Gasteiger partial charge in [-0.05, 0) is 78.6 Å². The van der Waals surface area contributed by atoms with Gasteiger partial charge in [0.05, 0.1) is 11.4 Å². The van der Waals surface area contributed by atoms with E-state index in [-0.39, 0.29) is 5.78 Å². The molecule has 0 unspecified atom stereocenters. The van der Waals surface area contributed by atoms with Crippen LogP contribution < -0.4 is 0 Å². The van der Waals surface area contributed by atoms with E-state index in [0.29, 0.717) is 10.9 Å². The van der Waals surface area contributed by atoms with Crippen molar-refractivity contribution in [3.63, 3.8) is 0 Å². The van der Waals surface area contributed by atoms with E-state index in [1.807, 2.05) is 50.2 Å². The minimum atomic E-state index is 0.0938. The summed E-state index contributed by atoms with van der Waals surface area (Å²) < 4.78 is 1.65. The van der Waals surface area contributed by atoms with E-state index in [4.69, 9.17) is 0 Å². The highest BCUT2D eigenvalue weighted by Gasteiger charge is 2.16. The number of aromatic nitrogens is 4. The first-order chi connectivity index (χ1) is 12.0. The second kappa shape index (κ2) is 7.19. The third-order valence-electron chi connectivity index (χ3n) is 4.56. The molecule has 0 N–H and O–H groups in total. The van der Waals surface area contributed by atoms with E-state index >= 15 is 0 Å². The van der Waals surface area contributed by atoms with Crippen LogP contribution in [0.15, 0.2) is 41.6 Å². The minimum absolute atomic E-state index is 0.0938. The Balaban J connectivity index is 1.80. The average Bonchev–Trinajstić information content (AvgIpc) is 3.10. The van der Waals surface area contributed by atoms with E-state index in [2.05, 4.69) is 29.4 Å². The highest BCUT2D eigenvalue weighted by Crippen LogP contribution is 2.24. The van der Waals surface area contributed by atoms with Crippen LogP contribution in [0.2, 0.25) is 0 Å². The van der Waals surface area contributed by atoms with Crippen LogP contribution in [0, 0.1) is 27.7 Å². The molecule has 0 bridgehead atoms. The molecule has 25 heavy (non-hydrogen) atoms. The molecule has 3 rings (SSSR count). The quantitative estimate of drug-likeness (QED) is 0.515. The number of aryl methyl sites for hydroxylation is 1. The molecule has 1 heterocycles. The predicted molar refractivity (Wildman–Crippen MR) is 99.6 cm³/mol. The second-order valence-corrected chi connectivity index (χ2v) is 6.98. The van der Waals surface area contributed by atoms with Crippen molar-refractivity contribution in [2.45, 2.75) is 32.9 Å². The molecule has 0 spiro atoms. The van der Waals surface area contributed by atoms with Gasteiger partial charge in [-0.15, -0.1) is 5.10 Å². The smallest absolute Gasteiger partial charge is 0.214 e. The number of carbonyl (C=O) groups is 1. The molecule has 3 aromatic rings. The van der Waals surface area contributed by atoms with Crippen LogP contribution in [0.3, 0.4) is 0 Å². The molecule has 0 radical (unpaired) electrons. The van der Waals surface area contributed by atoms with Crippen LogP contribution in [-0.4, -0.2) is 31.7 Å². The molecule has 0 aliphatic heterocycles. The Hall–Kier alpha value is -2.47. The van der Waals surface area contributed by atoms with Gasteiger partial charge in [-0.1, -0.05) is 30.0 Å². The Kier molecular flexibility index (Phi) is 4.99. The standard InChI is InChI=1S/C19H20N4OS/c1-12-10-17(15(4)14(3)13(12)2)18(24)11-25-19-20-21-22-23(19)16-8-6-5-7-9-16/h5-10H,11H2,1-4H3. The van der Waals surface area contributed by atoms with Gasteiger partial charge in [-0.3, -0.25) is 4.79 Å². The third kappa shape index (κ3) is 3.49. The van der Waals surface area contributed by atoms with Gasteiger partial charge in [0.15, 0.2) is 5.78 Å². The summed E-state index contributed by atoms with van der Waals surface area (Å²) in [6, 6.07) is 11.6. The summed E-state index contributed by atoms with van der Waals surface area (Å²) in [7, 11) is 0. The normalized spacial score (nSPS) is 10.9. The summed E-state index contributed by atoms with van der Waals surface area (Å²) in [6.45, 7) is 8.21. The van der Waals surface area contributed by atoms with Crippen LogP contribution in [0.25, 0.3) is 5.69 Å². The number of tetrazole rings is 1. The van der Waals surface area contributed by atoms with Crippen molar-refractivity contribution in [1.82, 2.24) is 20.2 Å². The molecule has 5 nitrogen and oxygen atoms in total. The predicted octanol–water partition coefficient (Wildman–Crippen LogP) is 3.87. The maximum atomic E-state index is 12.7. The number of benzene rings is 2. The molecule has 0 amide bonds. The first kappa shape index (κ1) is 17.4. The maximum Gasteiger partial charge on any atom is 0.214 e. The molecule has 0 fully saturated rings. The van der Waals surface area contributed by atoms with Crippen molar-refractivity contribution < 1.29 is 4.79 Å². The third-order valence-corrected chi connectivity index (χ3v) is 5.48. The molecular weight excluding hydrogens is 332 g/mol. The summed E-state index contributed by atoms with van der Waals surface area (Å²) in [5.41, 5.74) is 6.28. The maximum absolute atomic E-state index is 12.7. The Morgan fingerprint density at radius 3 is 2.48 bits per heavy atom. The fraction of sp³-hybridized carbons (Fsp3) is 0.263. The highest BCUT2D eigenvalue weighted by molar-refractivity contribution is 7.99. The van der Waals surface area contributed by atoms with Crippen LogP contribution in [-0.2, 0) is 0 Å². The first-order valence-corrected chi connectivity index (χ1v) is 9.04. The van der Waals surface area contributed by atoms with Crippen molar-refractivity contribution in [1.29, 1.82) is 0 Å². The number of ketones is 1. The number of para-hydroxylation sites is 1. The largest absolute Gasteiger partial charge is 0.293 e. The zero-order valence-electron chi connectivity index (χ0n) is 14.8. The van der Waals surface area contributed by atoms with Gasteiger partial charge in [0, 0.05) is 5.56 Å². The fourth-order valence-electron chi connectivity index (χ4n) is 2.71. The topological polar surface area (TPSA) is 60.7 Å². The zero-order chi connectivity index (χ0) is 18.0. The van der Waals surface area contributed by atoms with E-state index in [1.54, 1.807) is 4.68 Å². The lowest BCUT2D eigenvalue weighted by atomic mass is 9.93.